The van der Waals surface area contributed by atoms with Crippen molar-refractivity contribution in [2.75, 3.05) is 26.2 Å². The van der Waals surface area contributed by atoms with Gasteiger partial charge in [-0.1, -0.05) is 29.8 Å². The average molecular weight is 348 g/mol. The Morgan fingerprint density at radius 1 is 1.04 bits per heavy atom. The van der Waals surface area contributed by atoms with Gasteiger partial charge in [0.2, 0.25) is 10.0 Å². The van der Waals surface area contributed by atoms with Crippen molar-refractivity contribution in [1.82, 2.24) is 19.0 Å². The van der Waals surface area contributed by atoms with Crippen LogP contribution >= 0.6 is 0 Å². The van der Waals surface area contributed by atoms with Crippen molar-refractivity contribution in [3.8, 4) is 0 Å². The number of piperazine rings is 1. The van der Waals surface area contributed by atoms with Crippen LogP contribution in [0.1, 0.15) is 16.8 Å². The van der Waals surface area contributed by atoms with Crippen molar-refractivity contribution in [2.45, 2.75) is 25.3 Å². The highest BCUT2D eigenvalue weighted by Gasteiger charge is 2.30. The van der Waals surface area contributed by atoms with Crippen molar-refractivity contribution in [1.29, 1.82) is 0 Å². The molecular weight excluding hydrogens is 324 g/mol. The first-order valence-electron chi connectivity index (χ1n) is 8.14. The van der Waals surface area contributed by atoms with Gasteiger partial charge in [-0.15, -0.1) is 0 Å². The molecule has 1 fully saturated rings. The smallest absolute Gasteiger partial charge is 0.246 e. The van der Waals surface area contributed by atoms with Gasteiger partial charge in [0.25, 0.3) is 0 Å². The molecule has 24 heavy (non-hydrogen) atoms. The fourth-order valence-corrected chi connectivity index (χ4v) is 4.56. The van der Waals surface area contributed by atoms with Crippen molar-refractivity contribution >= 4 is 10.0 Å². The Balaban J connectivity index is 1.64. The molecule has 2 aromatic rings. The first-order valence-corrected chi connectivity index (χ1v) is 9.58. The Hall–Kier alpha value is -1.70. The van der Waals surface area contributed by atoms with Gasteiger partial charge in [-0.25, -0.2) is 8.42 Å². The van der Waals surface area contributed by atoms with E-state index in [0.29, 0.717) is 23.7 Å². The van der Waals surface area contributed by atoms with Gasteiger partial charge in [0, 0.05) is 39.8 Å². The van der Waals surface area contributed by atoms with Crippen LogP contribution in [0, 0.1) is 13.8 Å². The number of aryl methyl sites for hydroxylation is 2. The molecule has 7 heteroatoms. The fraction of sp³-hybridized carbons (Fsp3) is 0.471. The van der Waals surface area contributed by atoms with E-state index in [1.807, 2.05) is 0 Å². The molecule has 0 bridgehead atoms. The fourth-order valence-electron chi connectivity index (χ4n) is 2.95. The summed E-state index contributed by atoms with van der Waals surface area (Å²) in [6, 6.07) is 8.50. The van der Waals surface area contributed by atoms with Crippen LogP contribution in [0.5, 0.6) is 0 Å². The third-order valence-corrected chi connectivity index (χ3v) is 6.67. The Morgan fingerprint density at radius 2 is 1.67 bits per heavy atom. The van der Waals surface area contributed by atoms with Gasteiger partial charge in [0.1, 0.15) is 4.90 Å². The number of sulfonamides is 1. The van der Waals surface area contributed by atoms with E-state index in [1.54, 1.807) is 23.0 Å². The summed E-state index contributed by atoms with van der Waals surface area (Å²) in [7, 11) is -1.69. The second-order valence-electron chi connectivity index (χ2n) is 6.38. The summed E-state index contributed by atoms with van der Waals surface area (Å²) in [6.45, 7) is 7.24. The van der Waals surface area contributed by atoms with Crippen LogP contribution in [0.3, 0.4) is 0 Å². The molecule has 2 heterocycles. The molecule has 3 rings (SSSR count). The maximum Gasteiger partial charge on any atom is 0.246 e. The van der Waals surface area contributed by atoms with Gasteiger partial charge in [0.15, 0.2) is 0 Å². The van der Waals surface area contributed by atoms with Gasteiger partial charge < -0.3 is 0 Å². The molecule has 0 N–H and O–H groups in total. The second kappa shape index (κ2) is 6.66. The van der Waals surface area contributed by atoms with Crippen LogP contribution in [-0.2, 0) is 23.6 Å². The molecule has 0 spiro atoms. The quantitative estimate of drug-likeness (QED) is 0.841. The highest BCUT2D eigenvalue weighted by Crippen LogP contribution is 2.21. The van der Waals surface area contributed by atoms with Crippen LogP contribution in [-0.4, -0.2) is 53.6 Å². The number of aromatic nitrogens is 2. The maximum absolute atomic E-state index is 12.8. The summed E-state index contributed by atoms with van der Waals surface area (Å²) < 4.78 is 28.7. The van der Waals surface area contributed by atoms with Gasteiger partial charge in [-0.3, -0.25) is 9.58 Å². The minimum Gasteiger partial charge on any atom is -0.296 e. The molecule has 0 unspecified atom stereocenters. The highest BCUT2D eigenvalue weighted by atomic mass is 32.2. The number of hydrogen-bond acceptors (Lipinski definition) is 4. The predicted molar refractivity (Wildman–Crippen MR) is 93.2 cm³/mol. The van der Waals surface area contributed by atoms with E-state index in [4.69, 9.17) is 0 Å². The molecule has 6 nitrogen and oxygen atoms in total. The van der Waals surface area contributed by atoms with E-state index in [0.717, 1.165) is 19.6 Å². The SMILES string of the molecule is Cc1ccc(CN2CCN(S(=O)(=O)c3cnn(C)c3C)CC2)cc1. The third kappa shape index (κ3) is 3.38. The summed E-state index contributed by atoms with van der Waals surface area (Å²) in [4.78, 5) is 2.62. The second-order valence-corrected chi connectivity index (χ2v) is 8.29. The van der Waals surface area contributed by atoms with Crippen LogP contribution in [0.15, 0.2) is 35.4 Å². The summed E-state index contributed by atoms with van der Waals surface area (Å²) in [5, 5.41) is 4.06. The van der Waals surface area contributed by atoms with Crippen LogP contribution in [0.25, 0.3) is 0 Å². The van der Waals surface area contributed by atoms with Crippen molar-refractivity contribution in [3.05, 3.63) is 47.3 Å². The molecule has 0 radical (unpaired) electrons. The van der Waals surface area contributed by atoms with Gasteiger partial charge in [-0.05, 0) is 19.4 Å². The molecule has 1 saturated heterocycles. The molecule has 1 aliphatic heterocycles. The standard InChI is InChI=1S/C17H24N4O2S/c1-14-4-6-16(7-5-14)13-20-8-10-21(11-9-20)24(22,23)17-12-18-19(3)15(17)2/h4-7,12H,8-11,13H2,1-3H3. The largest absolute Gasteiger partial charge is 0.296 e. The lowest BCUT2D eigenvalue weighted by molar-refractivity contribution is 0.181. The Morgan fingerprint density at radius 3 is 2.21 bits per heavy atom. The third-order valence-electron chi connectivity index (χ3n) is 4.67. The lowest BCUT2D eigenvalue weighted by atomic mass is 10.1. The van der Waals surface area contributed by atoms with Gasteiger partial charge >= 0.3 is 0 Å². The Bertz CT molecular complexity index is 804. The molecule has 0 saturated carbocycles. The zero-order chi connectivity index (χ0) is 17.3. The predicted octanol–water partition coefficient (Wildman–Crippen LogP) is 1.54. The lowest BCUT2D eigenvalue weighted by Crippen LogP contribution is -2.48. The van der Waals surface area contributed by atoms with E-state index in [1.165, 1.54) is 17.3 Å². The summed E-state index contributed by atoms with van der Waals surface area (Å²) in [6.07, 6.45) is 1.45. The summed E-state index contributed by atoms with van der Waals surface area (Å²) in [5.41, 5.74) is 3.19. The normalized spacial score (nSPS) is 17.3. The zero-order valence-corrected chi connectivity index (χ0v) is 15.3. The van der Waals surface area contributed by atoms with E-state index < -0.39 is 10.0 Å². The summed E-state index contributed by atoms with van der Waals surface area (Å²) >= 11 is 0. The van der Waals surface area contributed by atoms with Crippen LogP contribution in [0.2, 0.25) is 0 Å². The average Bonchev–Trinajstić information content (AvgIpc) is 2.90. The molecule has 0 atom stereocenters. The summed E-state index contributed by atoms with van der Waals surface area (Å²) in [5.74, 6) is 0. The Labute approximate surface area is 143 Å². The molecule has 130 valence electrons. The van der Waals surface area contributed by atoms with Crippen molar-refractivity contribution < 1.29 is 8.42 Å². The lowest BCUT2D eigenvalue weighted by Gasteiger charge is -2.33. The topological polar surface area (TPSA) is 58.4 Å². The molecule has 0 aliphatic carbocycles. The molecule has 1 aromatic carbocycles. The first-order chi connectivity index (χ1) is 11.4. The maximum atomic E-state index is 12.8. The van der Waals surface area contributed by atoms with E-state index in [9.17, 15) is 8.42 Å². The monoisotopic (exact) mass is 348 g/mol. The number of nitrogens with zero attached hydrogens (tertiary/aromatic N) is 4. The molecule has 1 aromatic heterocycles. The van der Waals surface area contributed by atoms with Crippen LogP contribution < -0.4 is 0 Å². The van der Waals surface area contributed by atoms with Gasteiger partial charge in [-0.2, -0.15) is 9.40 Å². The zero-order valence-electron chi connectivity index (χ0n) is 14.4. The minimum absolute atomic E-state index is 0.317. The van der Waals surface area contributed by atoms with E-state index in [2.05, 4.69) is 41.2 Å². The highest BCUT2D eigenvalue weighted by molar-refractivity contribution is 7.89. The number of benzene rings is 1. The van der Waals surface area contributed by atoms with Crippen molar-refractivity contribution in [2.24, 2.45) is 7.05 Å². The van der Waals surface area contributed by atoms with Gasteiger partial charge in [0.05, 0.1) is 11.9 Å². The minimum atomic E-state index is -3.45. The van der Waals surface area contributed by atoms with Crippen LogP contribution in [0.4, 0.5) is 0 Å². The van der Waals surface area contributed by atoms with E-state index in [-0.39, 0.29) is 0 Å². The molecule has 0 amide bonds. The molecule has 1 aliphatic rings. The van der Waals surface area contributed by atoms with Crippen molar-refractivity contribution in [3.63, 3.8) is 0 Å². The molecular formula is C17H24N4O2S. The number of rotatable bonds is 4. The number of hydrogen-bond donors (Lipinski definition) is 0. The van der Waals surface area contributed by atoms with E-state index >= 15 is 0 Å². The first kappa shape index (κ1) is 17.1. The Kier molecular flexibility index (Phi) is 4.76.